The van der Waals surface area contributed by atoms with Gasteiger partial charge in [0.1, 0.15) is 0 Å². The predicted octanol–water partition coefficient (Wildman–Crippen LogP) is 1.97. The molecule has 0 radical (unpaired) electrons. The van der Waals surface area contributed by atoms with Crippen LogP contribution in [0.2, 0.25) is 0 Å². The summed E-state index contributed by atoms with van der Waals surface area (Å²) in [6.45, 7) is 2.04. The fraction of sp³-hybridized carbons (Fsp3) is 0.562. The average Bonchev–Trinajstić information content (AvgIpc) is 3.22. The van der Waals surface area contributed by atoms with Crippen LogP contribution in [0.25, 0.3) is 0 Å². The number of rotatable bonds is 7. The molecule has 3 atom stereocenters. The molecule has 6 heteroatoms. The van der Waals surface area contributed by atoms with Gasteiger partial charge in [-0.2, -0.15) is 0 Å². The standard InChI is InChI=1S/C16H21F2NO3/c1-16(5-6-20,9-22-2)19-15(21)12-8-11(12)10-3-4-13(17)14(18)7-10/h3-4,7,11-12,20H,5-6,8-9H2,1-2H3,(H,19,21). The molecular weight excluding hydrogens is 292 g/mol. The molecule has 0 aromatic heterocycles. The Kier molecular flexibility index (Phi) is 5.13. The topological polar surface area (TPSA) is 58.6 Å². The molecule has 1 amide bonds. The van der Waals surface area contributed by atoms with Gasteiger partial charge in [0, 0.05) is 19.6 Å². The fourth-order valence-corrected chi connectivity index (χ4v) is 2.72. The Morgan fingerprint density at radius 1 is 1.45 bits per heavy atom. The van der Waals surface area contributed by atoms with Crippen molar-refractivity contribution in [3.8, 4) is 0 Å². The summed E-state index contributed by atoms with van der Waals surface area (Å²) in [5.41, 5.74) is -0.00320. The van der Waals surface area contributed by atoms with Crippen molar-refractivity contribution in [2.45, 2.75) is 31.2 Å². The Labute approximate surface area is 128 Å². The highest BCUT2D eigenvalue weighted by Crippen LogP contribution is 2.48. The third-order valence-electron chi connectivity index (χ3n) is 4.05. The maximum Gasteiger partial charge on any atom is 0.224 e. The first-order valence-electron chi connectivity index (χ1n) is 7.27. The number of halogens is 2. The summed E-state index contributed by atoms with van der Waals surface area (Å²) < 4.78 is 31.3. The maximum absolute atomic E-state index is 13.2. The van der Waals surface area contributed by atoms with Crippen molar-refractivity contribution in [1.29, 1.82) is 0 Å². The molecule has 4 nitrogen and oxygen atoms in total. The van der Waals surface area contributed by atoms with E-state index in [2.05, 4.69) is 5.32 Å². The van der Waals surface area contributed by atoms with E-state index in [1.165, 1.54) is 13.2 Å². The Hall–Kier alpha value is -1.53. The third kappa shape index (κ3) is 3.81. The van der Waals surface area contributed by atoms with Crippen LogP contribution in [0, 0.1) is 17.6 Å². The van der Waals surface area contributed by atoms with Crippen LogP contribution >= 0.6 is 0 Å². The largest absolute Gasteiger partial charge is 0.396 e. The number of aliphatic hydroxyl groups excluding tert-OH is 1. The van der Waals surface area contributed by atoms with Gasteiger partial charge in [-0.3, -0.25) is 4.79 Å². The molecule has 1 fully saturated rings. The van der Waals surface area contributed by atoms with E-state index in [1.807, 2.05) is 0 Å². The second kappa shape index (κ2) is 6.71. The van der Waals surface area contributed by atoms with Crippen LogP contribution in [0.5, 0.6) is 0 Å². The molecule has 0 aliphatic heterocycles. The van der Waals surface area contributed by atoms with Crippen LogP contribution in [0.15, 0.2) is 18.2 Å². The summed E-state index contributed by atoms with van der Waals surface area (Å²) in [6.07, 6.45) is 0.994. The number of hydrogen-bond acceptors (Lipinski definition) is 3. The van der Waals surface area contributed by atoms with Gasteiger partial charge in [-0.25, -0.2) is 8.78 Å². The smallest absolute Gasteiger partial charge is 0.224 e. The summed E-state index contributed by atoms with van der Waals surface area (Å²) in [5, 5.41) is 12.0. The lowest BCUT2D eigenvalue weighted by molar-refractivity contribution is -0.125. The molecule has 22 heavy (non-hydrogen) atoms. The van der Waals surface area contributed by atoms with Crippen LogP contribution in [0.4, 0.5) is 8.78 Å². The van der Waals surface area contributed by atoms with Crippen molar-refractivity contribution in [3.05, 3.63) is 35.4 Å². The normalized spacial score (nSPS) is 23.0. The Morgan fingerprint density at radius 3 is 2.77 bits per heavy atom. The number of nitrogens with one attached hydrogen (secondary N) is 1. The monoisotopic (exact) mass is 313 g/mol. The minimum atomic E-state index is -0.895. The van der Waals surface area contributed by atoms with Crippen molar-refractivity contribution < 1.29 is 23.4 Å². The molecule has 0 spiro atoms. The summed E-state index contributed by atoms with van der Waals surface area (Å²) in [6, 6.07) is 3.74. The minimum Gasteiger partial charge on any atom is -0.396 e. The highest BCUT2D eigenvalue weighted by atomic mass is 19.2. The van der Waals surface area contributed by atoms with E-state index >= 15 is 0 Å². The highest BCUT2D eigenvalue weighted by molar-refractivity contribution is 5.83. The van der Waals surface area contributed by atoms with Gasteiger partial charge in [0.15, 0.2) is 11.6 Å². The van der Waals surface area contributed by atoms with Crippen LogP contribution < -0.4 is 5.32 Å². The van der Waals surface area contributed by atoms with E-state index in [-0.39, 0.29) is 24.3 Å². The second-order valence-corrected chi connectivity index (χ2v) is 6.08. The second-order valence-electron chi connectivity index (χ2n) is 6.08. The van der Waals surface area contributed by atoms with Gasteiger partial charge >= 0.3 is 0 Å². The van der Waals surface area contributed by atoms with Crippen LogP contribution in [0.3, 0.4) is 0 Å². The van der Waals surface area contributed by atoms with Crippen molar-refractivity contribution in [2.75, 3.05) is 20.3 Å². The summed E-state index contributed by atoms with van der Waals surface area (Å²) in [7, 11) is 1.53. The van der Waals surface area contributed by atoms with Gasteiger partial charge in [0.05, 0.1) is 12.1 Å². The zero-order valence-electron chi connectivity index (χ0n) is 12.7. The molecule has 3 unspecified atom stereocenters. The van der Waals surface area contributed by atoms with Crippen molar-refractivity contribution in [2.24, 2.45) is 5.92 Å². The molecule has 0 heterocycles. The van der Waals surface area contributed by atoms with Gasteiger partial charge in [0.2, 0.25) is 5.91 Å². The van der Waals surface area contributed by atoms with Gasteiger partial charge in [-0.1, -0.05) is 6.07 Å². The molecule has 122 valence electrons. The minimum absolute atomic E-state index is 0.0581. The Morgan fingerprint density at radius 2 is 2.18 bits per heavy atom. The quantitative estimate of drug-likeness (QED) is 0.809. The lowest BCUT2D eigenvalue weighted by Gasteiger charge is -2.29. The molecule has 1 aliphatic carbocycles. The van der Waals surface area contributed by atoms with Gasteiger partial charge in [0.25, 0.3) is 0 Å². The number of aliphatic hydroxyl groups is 1. The number of carbonyl (C=O) groups excluding carboxylic acids is 1. The van der Waals surface area contributed by atoms with Crippen LogP contribution in [-0.4, -0.2) is 36.9 Å². The zero-order chi connectivity index (χ0) is 16.3. The number of amides is 1. The number of hydrogen-bond donors (Lipinski definition) is 2. The van der Waals surface area contributed by atoms with Crippen LogP contribution in [-0.2, 0) is 9.53 Å². The lowest BCUT2D eigenvalue weighted by atomic mass is 9.98. The van der Waals surface area contributed by atoms with Crippen molar-refractivity contribution in [1.82, 2.24) is 5.32 Å². The fourth-order valence-electron chi connectivity index (χ4n) is 2.72. The summed E-state index contributed by atoms with van der Waals surface area (Å²) >= 11 is 0. The summed E-state index contributed by atoms with van der Waals surface area (Å²) in [5.74, 6) is -2.27. The molecular formula is C16H21F2NO3. The van der Waals surface area contributed by atoms with Gasteiger partial charge in [-0.15, -0.1) is 0 Å². The van der Waals surface area contributed by atoms with E-state index in [1.54, 1.807) is 6.92 Å². The lowest BCUT2D eigenvalue weighted by Crippen LogP contribution is -2.50. The van der Waals surface area contributed by atoms with E-state index in [0.29, 0.717) is 25.0 Å². The molecule has 0 bridgehead atoms. The van der Waals surface area contributed by atoms with Gasteiger partial charge < -0.3 is 15.2 Å². The average molecular weight is 313 g/mol. The van der Waals surface area contributed by atoms with E-state index < -0.39 is 17.2 Å². The van der Waals surface area contributed by atoms with Crippen molar-refractivity contribution in [3.63, 3.8) is 0 Å². The molecule has 0 saturated heterocycles. The first kappa shape index (κ1) is 16.8. The Bertz CT molecular complexity index is 544. The number of methoxy groups -OCH3 is 1. The molecule has 2 N–H and O–H groups in total. The number of benzene rings is 1. The van der Waals surface area contributed by atoms with Crippen LogP contribution in [0.1, 0.15) is 31.2 Å². The Balaban J connectivity index is 1.99. The van der Waals surface area contributed by atoms with E-state index in [9.17, 15) is 13.6 Å². The summed E-state index contributed by atoms with van der Waals surface area (Å²) in [4.78, 5) is 12.3. The first-order valence-corrected chi connectivity index (χ1v) is 7.27. The maximum atomic E-state index is 13.2. The predicted molar refractivity (Wildman–Crippen MR) is 77.3 cm³/mol. The third-order valence-corrected chi connectivity index (χ3v) is 4.05. The number of carbonyl (C=O) groups is 1. The van der Waals surface area contributed by atoms with E-state index in [0.717, 1.165) is 12.1 Å². The number of ether oxygens (including phenoxy) is 1. The van der Waals surface area contributed by atoms with E-state index in [4.69, 9.17) is 9.84 Å². The molecule has 2 rings (SSSR count). The molecule has 1 aromatic carbocycles. The molecule has 1 aromatic rings. The van der Waals surface area contributed by atoms with Crippen molar-refractivity contribution >= 4 is 5.91 Å². The SMILES string of the molecule is COCC(C)(CCO)NC(=O)C1CC1c1ccc(F)c(F)c1. The van der Waals surface area contributed by atoms with Gasteiger partial charge in [-0.05, 0) is 43.4 Å². The highest BCUT2D eigenvalue weighted by Gasteiger charge is 2.45. The first-order chi connectivity index (χ1) is 10.4. The molecule has 1 saturated carbocycles. The zero-order valence-corrected chi connectivity index (χ0v) is 12.7. The molecule has 1 aliphatic rings.